The van der Waals surface area contributed by atoms with Crippen LogP contribution in [0.25, 0.3) is 0 Å². The maximum absolute atomic E-state index is 5.15. The van der Waals surface area contributed by atoms with Crippen molar-refractivity contribution in [2.24, 2.45) is 5.10 Å². The summed E-state index contributed by atoms with van der Waals surface area (Å²) in [5.74, 6) is 0. The van der Waals surface area contributed by atoms with Gasteiger partial charge in [0.25, 0.3) is 0 Å². The van der Waals surface area contributed by atoms with Crippen LogP contribution in [-0.4, -0.2) is 17.4 Å². The van der Waals surface area contributed by atoms with Crippen LogP contribution in [0, 0.1) is 0 Å². The van der Waals surface area contributed by atoms with E-state index in [1.165, 1.54) is 0 Å². The highest BCUT2D eigenvalue weighted by molar-refractivity contribution is 7.80. The first-order chi connectivity index (χ1) is 8.77. The summed E-state index contributed by atoms with van der Waals surface area (Å²) in [6.07, 6.45) is 3.14. The number of rotatable bonds is 6. The van der Waals surface area contributed by atoms with E-state index in [0.717, 1.165) is 37.1 Å². The fourth-order valence-electron chi connectivity index (χ4n) is 1.51. The van der Waals surface area contributed by atoms with Crippen LogP contribution in [0.3, 0.4) is 0 Å². The largest absolute Gasteiger partial charge is 0.361 e. The molecule has 0 radical (unpaired) electrons. The van der Waals surface area contributed by atoms with E-state index < -0.39 is 0 Å². The van der Waals surface area contributed by atoms with Crippen molar-refractivity contribution in [3.63, 3.8) is 0 Å². The summed E-state index contributed by atoms with van der Waals surface area (Å²) in [4.78, 5) is 0. The zero-order valence-corrected chi connectivity index (χ0v) is 11.9. The molecule has 3 nitrogen and oxygen atoms in total. The summed E-state index contributed by atoms with van der Waals surface area (Å²) in [5.41, 5.74) is 5.04. The molecule has 0 saturated carbocycles. The van der Waals surface area contributed by atoms with Crippen molar-refractivity contribution in [1.29, 1.82) is 0 Å². The van der Waals surface area contributed by atoms with Gasteiger partial charge in [0.2, 0.25) is 0 Å². The number of thiocarbonyl (C=S) groups is 1. The van der Waals surface area contributed by atoms with Crippen molar-refractivity contribution in [2.45, 2.75) is 33.1 Å². The van der Waals surface area contributed by atoms with E-state index in [1.54, 1.807) is 0 Å². The van der Waals surface area contributed by atoms with Gasteiger partial charge < -0.3 is 5.32 Å². The number of nitrogens with one attached hydrogen (secondary N) is 2. The van der Waals surface area contributed by atoms with E-state index >= 15 is 0 Å². The highest BCUT2D eigenvalue weighted by Crippen LogP contribution is 2.03. The Labute approximate surface area is 115 Å². The molecule has 0 fully saturated rings. The molecule has 0 saturated heterocycles. The molecule has 0 heterocycles. The summed E-state index contributed by atoms with van der Waals surface area (Å²) < 4.78 is 0. The van der Waals surface area contributed by atoms with Gasteiger partial charge >= 0.3 is 0 Å². The van der Waals surface area contributed by atoms with E-state index in [-0.39, 0.29) is 0 Å². The van der Waals surface area contributed by atoms with Crippen LogP contribution in [0.1, 0.15) is 38.7 Å². The molecule has 0 aliphatic carbocycles. The lowest BCUT2D eigenvalue weighted by Crippen LogP contribution is -2.33. The smallest absolute Gasteiger partial charge is 0.186 e. The SMILES string of the molecule is CCCCNC(=S)N/N=C(/CC)c1ccccc1. The molecule has 0 aromatic heterocycles. The van der Waals surface area contributed by atoms with Crippen LogP contribution in [0.2, 0.25) is 0 Å². The molecular weight excluding hydrogens is 242 g/mol. The minimum atomic E-state index is 0.588. The number of unbranched alkanes of at least 4 members (excludes halogenated alkanes) is 1. The molecule has 1 rings (SSSR count). The lowest BCUT2D eigenvalue weighted by Gasteiger charge is -2.08. The summed E-state index contributed by atoms with van der Waals surface area (Å²) in [6, 6.07) is 10.1. The molecule has 0 atom stereocenters. The maximum Gasteiger partial charge on any atom is 0.186 e. The van der Waals surface area contributed by atoms with E-state index in [4.69, 9.17) is 12.2 Å². The molecule has 0 spiro atoms. The lowest BCUT2D eigenvalue weighted by molar-refractivity contribution is 0.744. The molecule has 0 bridgehead atoms. The topological polar surface area (TPSA) is 36.4 Å². The molecule has 0 aliphatic heterocycles. The van der Waals surface area contributed by atoms with Gasteiger partial charge in [-0.05, 0) is 30.6 Å². The predicted octanol–water partition coefficient (Wildman–Crippen LogP) is 3.06. The highest BCUT2D eigenvalue weighted by atomic mass is 32.1. The number of nitrogens with zero attached hydrogens (tertiary/aromatic N) is 1. The van der Waals surface area contributed by atoms with Crippen molar-refractivity contribution in [3.05, 3.63) is 35.9 Å². The van der Waals surface area contributed by atoms with Crippen molar-refractivity contribution >= 4 is 23.0 Å². The van der Waals surface area contributed by atoms with Crippen LogP contribution in [0.4, 0.5) is 0 Å². The van der Waals surface area contributed by atoms with Gasteiger partial charge in [-0.1, -0.05) is 50.6 Å². The van der Waals surface area contributed by atoms with Gasteiger partial charge in [0.05, 0.1) is 5.71 Å². The minimum Gasteiger partial charge on any atom is -0.361 e. The van der Waals surface area contributed by atoms with Gasteiger partial charge in [0, 0.05) is 6.54 Å². The molecule has 98 valence electrons. The summed E-state index contributed by atoms with van der Waals surface area (Å²) in [7, 11) is 0. The summed E-state index contributed by atoms with van der Waals surface area (Å²) >= 11 is 5.15. The molecular formula is C14H21N3S. The number of hydrogen-bond donors (Lipinski definition) is 2. The quantitative estimate of drug-likeness (QED) is 0.358. The molecule has 18 heavy (non-hydrogen) atoms. The van der Waals surface area contributed by atoms with Gasteiger partial charge in [-0.25, -0.2) is 0 Å². The number of hydrogen-bond acceptors (Lipinski definition) is 2. The average Bonchev–Trinajstić information content (AvgIpc) is 2.41. The first-order valence-electron chi connectivity index (χ1n) is 6.43. The summed E-state index contributed by atoms with van der Waals surface area (Å²) in [6.45, 7) is 5.13. The van der Waals surface area contributed by atoms with Crippen molar-refractivity contribution in [1.82, 2.24) is 10.7 Å². The van der Waals surface area contributed by atoms with Crippen LogP contribution >= 0.6 is 12.2 Å². The third-order valence-electron chi connectivity index (χ3n) is 2.55. The van der Waals surface area contributed by atoms with Crippen LogP contribution in [-0.2, 0) is 0 Å². The Morgan fingerprint density at radius 1 is 1.22 bits per heavy atom. The molecule has 0 amide bonds. The fourth-order valence-corrected chi connectivity index (χ4v) is 1.66. The Bertz CT molecular complexity index is 387. The van der Waals surface area contributed by atoms with Gasteiger partial charge in [0.1, 0.15) is 0 Å². The van der Waals surface area contributed by atoms with Crippen molar-refractivity contribution in [2.75, 3.05) is 6.54 Å². The van der Waals surface area contributed by atoms with E-state index in [9.17, 15) is 0 Å². The van der Waals surface area contributed by atoms with Gasteiger partial charge in [-0.15, -0.1) is 0 Å². The molecule has 4 heteroatoms. The Hall–Kier alpha value is -1.42. The van der Waals surface area contributed by atoms with Crippen LogP contribution < -0.4 is 10.7 Å². The molecule has 1 aromatic carbocycles. The van der Waals surface area contributed by atoms with Gasteiger partial charge in [-0.2, -0.15) is 5.10 Å². The average molecular weight is 263 g/mol. The number of hydrazone groups is 1. The fraction of sp³-hybridized carbons (Fsp3) is 0.429. The van der Waals surface area contributed by atoms with Gasteiger partial charge in [0.15, 0.2) is 5.11 Å². The third kappa shape index (κ3) is 5.27. The monoisotopic (exact) mass is 263 g/mol. The predicted molar refractivity (Wildman–Crippen MR) is 81.9 cm³/mol. The molecule has 0 unspecified atom stereocenters. The molecule has 0 aliphatic rings. The maximum atomic E-state index is 5.15. The number of benzene rings is 1. The molecule has 2 N–H and O–H groups in total. The Morgan fingerprint density at radius 2 is 1.94 bits per heavy atom. The van der Waals surface area contributed by atoms with E-state index in [2.05, 4.69) is 41.8 Å². The zero-order chi connectivity index (χ0) is 13.2. The van der Waals surface area contributed by atoms with Crippen LogP contribution in [0.15, 0.2) is 35.4 Å². The van der Waals surface area contributed by atoms with Gasteiger partial charge in [-0.3, -0.25) is 5.43 Å². The first kappa shape index (κ1) is 14.6. The Kier molecular flexibility index (Phi) is 7.03. The Morgan fingerprint density at radius 3 is 2.56 bits per heavy atom. The third-order valence-corrected chi connectivity index (χ3v) is 2.79. The second-order valence-electron chi connectivity index (χ2n) is 4.00. The standard InChI is InChI=1S/C14H21N3S/c1-3-5-11-15-14(18)17-16-13(4-2)12-9-7-6-8-10-12/h6-10H,3-5,11H2,1-2H3,(H2,15,17,18)/b16-13-. The van der Waals surface area contributed by atoms with E-state index in [0.29, 0.717) is 5.11 Å². The second-order valence-corrected chi connectivity index (χ2v) is 4.41. The summed E-state index contributed by atoms with van der Waals surface area (Å²) in [5, 5.41) is 8.07. The second kappa shape index (κ2) is 8.64. The normalized spacial score (nSPS) is 11.1. The van der Waals surface area contributed by atoms with Crippen molar-refractivity contribution < 1.29 is 0 Å². The molecule has 1 aromatic rings. The van der Waals surface area contributed by atoms with Crippen molar-refractivity contribution in [3.8, 4) is 0 Å². The van der Waals surface area contributed by atoms with Crippen LogP contribution in [0.5, 0.6) is 0 Å². The minimum absolute atomic E-state index is 0.588. The highest BCUT2D eigenvalue weighted by Gasteiger charge is 2.00. The van der Waals surface area contributed by atoms with E-state index in [1.807, 2.05) is 18.2 Å². The zero-order valence-electron chi connectivity index (χ0n) is 11.1. The Balaban J connectivity index is 2.51. The first-order valence-corrected chi connectivity index (χ1v) is 6.84. The lowest BCUT2D eigenvalue weighted by atomic mass is 10.1.